The second kappa shape index (κ2) is 4.26. The Morgan fingerprint density at radius 3 is 2.94 bits per heavy atom. The van der Waals surface area contributed by atoms with Crippen LogP contribution in [0.25, 0.3) is 11.0 Å². The monoisotopic (exact) mass is 266 g/mol. The molecule has 4 heteroatoms. The van der Waals surface area contributed by atoms with E-state index in [2.05, 4.69) is 0 Å². The number of fused-ring (bicyclic) bond motifs is 1. The zero-order valence-electron chi connectivity index (χ0n) is 10.1. The largest absolute Gasteiger partial charge is 0.458 e. The van der Waals surface area contributed by atoms with Crippen molar-refractivity contribution in [1.82, 2.24) is 0 Å². The number of halogens is 1. The van der Waals surface area contributed by atoms with Gasteiger partial charge in [-0.1, -0.05) is 11.6 Å². The summed E-state index contributed by atoms with van der Waals surface area (Å²) in [4.78, 5) is 0. The average molecular weight is 267 g/mol. The van der Waals surface area contributed by atoms with Crippen LogP contribution in [0.2, 0.25) is 5.02 Å². The summed E-state index contributed by atoms with van der Waals surface area (Å²) in [5.74, 6) is 0.656. The van der Waals surface area contributed by atoms with Crippen molar-refractivity contribution in [3.8, 4) is 0 Å². The van der Waals surface area contributed by atoms with Crippen LogP contribution in [-0.2, 0) is 10.3 Å². The van der Waals surface area contributed by atoms with E-state index in [0.29, 0.717) is 24.0 Å². The zero-order valence-corrected chi connectivity index (χ0v) is 10.9. The van der Waals surface area contributed by atoms with Crippen molar-refractivity contribution in [3.05, 3.63) is 35.0 Å². The third-order valence-corrected chi connectivity index (χ3v) is 3.94. The van der Waals surface area contributed by atoms with E-state index in [-0.39, 0.29) is 5.92 Å². The predicted octanol–water partition coefficient (Wildman–Crippen LogP) is 3.33. The molecule has 3 rings (SSSR count). The van der Waals surface area contributed by atoms with E-state index in [0.717, 1.165) is 17.4 Å². The highest BCUT2D eigenvalue weighted by Gasteiger charge is 2.39. The molecule has 0 aliphatic carbocycles. The third-order valence-electron chi connectivity index (χ3n) is 3.70. The van der Waals surface area contributed by atoms with Gasteiger partial charge < -0.3 is 14.3 Å². The van der Waals surface area contributed by atoms with Gasteiger partial charge in [-0.25, -0.2) is 0 Å². The van der Waals surface area contributed by atoms with Crippen molar-refractivity contribution < 1.29 is 14.3 Å². The molecule has 1 saturated heterocycles. The molecule has 3 nitrogen and oxygen atoms in total. The lowest BCUT2D eigenvalue weighted by Crippen LogP contribution is -2.31. The minimum atomic E-state index is -0.998. The summed E-state index contributed by atoms with van der Waals surface area (Å²) in [6.45, 7) is 3.06. The minimum Gasteiger partial charge on any atom is -0.458 e. The molecule has 1 fully saturated rings. The lowest BCUT2D eigenvalue weighted by molar-refractivity contribution is -0.0266. The van der Waals surface area contributed by atoms with Crippen LogP contribution >= 0.6 is 11.6 Å². The number of aliphatic hydroxyl groups is 1. The van der Waals surface area contributed by atoms with E-state index in [1.807, 2.05) is 18.2 Å². The molecular formula is C14H15ClO3. The smallest absolute Gasteiger partial charge is 0.136 e. The molecule has 1 aliphatic heterocycles. The van der Waals surface area contributed by atoms with Crippen LogP contribution in [0.4, 0.5) is 0 Å². The van der Waals surface area contributed by atoms with Gasteiger partial charge in [0.2, 0.25) is 0 Å². The highest BCUT2D eigenvalue weighted by atomic mass is 35.5. The molecule has 0 spiro atoms. The molecule has 2 atom stereocenters. The maximum Gasteiger partial charge on any atom is 0.136 e. The Hall–Kier alpha value is -1.03. The van der Waals surface area contributed by atoms with Gasteiger partial charge in [-0.05, 0) is 37.6 Å². The summed E-state index contributed by atoms with van der Waals surface area (Å²) in [5.41, 5.74) is -0.254. The maximum absolute atomic E-state index is 10.6. The first kappa shape index (κ1) is 12.0. The van der Waals surface area contributed by atoms with E-state index in [1.165, 1.54) is 0 Å². The molecule has 0 amide bonds. The first-order valence-corrected chi connectivity index (χ1v) is 6.45. The number of hydrogen-bond acceptors (Lipinski definition) is 3. The maximum atomic E-state index is 10.6. The van der Waals surface area contributed by atoms with Gasteiger partial charge in [0.15, 0.2) is 0 Å². The van der Waals surface area contributed by atoms with E-state index in [1.54, 1.807) is 13.0 Å². The predicted molar refractivity (Wildman–Crippen MR) is 69.7 cm³/mol. The molecule has 1 aromatic heterocycles. The van der Waals surface area contributed by atoms with Crippen molar-refractivity contribution in [2.75, 3.05) is 13.2 Å². The van der Waals surface area contributed by atoms with Crippen molar-refractivity contribution in [3.63, 3.8) is 0 Å². The van der Waals surface area contributed by atoms with Crippen LogP contribution in [0.5, 0.6) is 0 Å². The van der Waals surface area contributed by atoms with Crippen molar-refractivity contribution in [2.45, 2.75) is 18.9 Å². The molecule has 18 heavy (non-hydrogen) atoms. The lowest BCUT2D eigenvalue weighted by Gasteiger charge is -2.26. The Kier molecular flexibility index (Phi) is 2.85. The molecule has 2 aromatic rings. The van der Waals surface area contributed by atoms with Crippen molar-refractivity contribution in [2.24, 2.45) is 5.92 Å². The van der Waals surface area contributed by atoms with Gasteiger partial charge in [-0.2, -0.15) is 0 Å². The summed E-state index contributed by atoms with van der Waals surface area (Å²) < 4.78 is 11.1. The van der Waals surface area contributed by atoms with Crippen LogP contribution in [0, 0.1) is 5.92 Å². The minimum absolute atomic E-state index is 0.0773. The Labute approximate surface area is 110 Å². The molecule has 0 saturated carbocycles. The number of furan rings is 1. The van der Waals surface area contributed by atoms with Crippen LogP contribution in [0.3, 0.4) is 0 Å². The molecule has 0 bridgehead atoms. The number of ether oxygens (including phenoxy) is 1. The number of hydrogen-bond donors (Lipinski definition) is 1. The molecule has 96 valence electrons. The molecule has 1 aromatic carbocycles. The van der Waals surface area contributed by atoms with Gasteiger partial charge in [0.05, 0.1) is 6.61 Å². The first-order chi connectivity index (χ1) is 8.57. The van der Waals surface area contributed by atoms with Gasteiger partial charge in [-0.15, -0.1) is 0 Å². The van der Waals surface area contributed by atoms with Crippen molar-refractivity contribution in [1.29, 1.82) is 0 Å². The van der Waals surface area contributed by atoms with E-state index in [4.69, 9.17) is 20.8 Å². The SMILES string of the molecule is CC(O)(c1cc2cc(Cl)ccc2o1)C1CCOC1. The molecule has 0 radical (unpaired) electrons. The third kappa shape index (κ3) is 1.92. The standard InChI is InChI=1S/C14H15ClO3/c1-14(16,10-4-5-17-8-10)13-7-9-6-11(15)2-3-12(9)18-13/h2-3,6-7,10,16H,4-5,8H2,1H3. The van der Waals surface area contributed by atoms with Gasteiger partial charge in [-0.3, -0.25) is 0 Å². The Morgan fingerprint density at radius 1 is 1.39 bits per heavy atom. The summed E-state index contributed by atoms with van der Waals surface area (Å²) in [6.07, 6.45) is 0.852. The molecular weight excluding hydrogens is 252 g/mol. The van der Waals surface area contributed by atoms with E-state index in [9.17, 15) is 5.11 Å². The fourth-order valence-electron chi connectivity index (χ4n) is 2.44. The highest BCUT2D eigenvalue weighted by molar-refractivity contribution is 6.31. The van der Waals surface area contributed by atoms with Crippen LogP contribution < -0.4 is 0 Å². The average Bonchev–Trinajstić information content (AvgIpc) is 2.97. The zero-order chi connectivity index (χ0) is 12.8. The Bertz CT molecular complexity index is 567. The summed E-state index contributed by atoms with van der Waals surface area (Å²) in [7, 11) is 0. The summed E-state index contributed by atoms with van der Waals surface area (Å²) in [6, 6.07) is 7.30. The highest BCUT2D eigenvalue weighted by Crippen LogP contribution is 2.37. The Balaban J connectivity index is 2.02. The second-order valence-electron chi connectivity index (χ2n) is 5.00. The normalized spacial score (nSPS) is 23.4. The molecule has 1 N–H and O–H groups in total. The fraction of sp³-hybridized carbons (Fsp3) is 0.429. The summed E-state index contributed by atoms with van der Waals surface area (Å²) in [5, 5.41) is 12.2. The Morgan fingerprint density at radius 2 is 2.22 bits per heavy atom. The summed E-state index contributed by atoms with van der Waals surface area (Å²) >= 11 is 5.95. The quantitative estimate of drug-likeness (QED) is 0.907. The molecule has 2 heterocycles. The molecule has 1 aliphatic rings. The topological polar surface area (TPSA) is 42.6 Å². The van der Waals surface area contributed by atoms with Crippen LogP contribution in [0.1, 0.15) is 19.1 Å². The van der Waals surface area contributed by atoms with E-state index >= 15 is 0 Å². The van der Waals surface area contributed by atoms with Crippen LogP contribution in [0.15, 0.2) is 28.7 Å². The first-order valence-electron chi connectivity index (χ1n) is 6.07. The van der Waals surface area contributed by atoms with Gasteiger partial charge in [0, 0.05) is 22.9 Å². The number of benzene rings is 1. The van der Waals surface area contributed by atoms with Crippen LogP contribution in [-0.4, -0.2) is 18.3 Å². The van der Waals surface area contributed by atoms with E-state index < -0.39 is 5.60 Å². The van der Waals surface area contributed by atoms with Gasteiger partial charge >= 0.3 is 0 Å². The van der Waals surface area contributed by atoms with Crippen molar-refractivity contribution >= 4 is 22.6 Å². The lowest BCUT2D eigenvalue weighted by atomic mass is 9.86. The van der Waals surface area contributed by atoms with Gasteiger partial charge in [0.25, 0.3) is 0 Å². The number of rotatable bonds is 2. The molecule has 2 unspecified atom stereocenters. The fourth-order valence-corrected chi connectivity index (χ4v) is 2.62. The second-order valence-corrected chi connectivity index (χ2v) is 5.44. The van der Waals surface area contributed by atoms with Gasteiger partial charge in [0.1, 0.15) is 16.9 Å².